The van der Waals surface area contributed by atoms with Crippen molar-refractivity contribution in [3.8, 4) is 0 Å². The van der Waals surface area contributed by atoms with E-state index in [0.717, 1.165) is 25.8 Å². The second kappa shape index (κ2) is 10.0. The van der Waals surface area contributed by atoms with Crippen molar-refractivity contribution >= 4 is 17.8 Å². The van der Waals surface area contributed by atoms with Crippen LogP contribution in [0.2, 0.25) is 0 Å². The summed E-state index contributed by atoms with van der Waals surface area (Å²) in [7, 11) is 0. The van der Waals surface area contributed by atoms with Crippen LogP contribution >= 0.6 is 0 Å². The zero-order valence-electron chi connectivity index (χ0n) is 13.0. The maximum absolute atomic E-state index is 11.5. The summed E-state index contributed by atoms with van der Waals surface area (Å²) in [6, 6.07) is 0. The summed E-state index contributed by atoms with van der Waals surface area (Å²) in [6.45, 7) is 6.60. The average molecular weight is 297 g/mol. The third kappa shape index (κ3) is 8.16. The van der Waals surface area contributed by atoms with Crippen LogP contribution in [0.15, 0.2) is 4.99 Å². The van der Waals surface area contributed by atoms with Crippen LogP contribution in [0.3, 0.4) is 0 Å². The number of carbonyl (C=O) groups is 2. The molecule has 7 nitrogen and oxygen atoms in total. The maximum atomic E-state index is 11.5. The molecule has 0 aromatic carbocycles. The predicted octanol–water partition coefficient (Wildman–Crippen LogP) is -0.406. The molecule has 0 aromatic heterocycles. The highest BCUT2D eigenvalue weighted by molar-refractivity contribution is 5.85. The van der Waals surface area contributed by atoms with Crippen molar-refractivity contribution < 1.29 is 9.59 Å². The minimum absolute atomic E-state index is 0.0870. The fourth-order valence-electron chi connectivity index (χ4n) is 1.67. The van der Waals surface area contributed by atoms with E-state index in [2.05, 4.69) is 26.3 Å². The Labute approximate surface area is 126 Å². The van der Waals surface area contributed by atoms with Crippen molar-refractivity contribution in [3.05, 3.63) is 0 Å². The SMILES string of the molecule is CCCNC(=O)CN=C(NCC)NCCNC(=O)C1CC1. The molecule has 1 saturated carbocycles. The van der Waals surface area contributed by atoms with E-state index < -0.39 is 0 Å². The fraction of sp³-hybridized carbons (Fsp3) is 0.786. The Morgan fingerprint density at radius 1 is 1.00 bits per heavy atom. The average Bonchev–Trinajstić information content (AvgIpc) is 3.31. The lowest BCUT2D eigenvalue weighted by Gasteiger charge is -2.11. The number of carbonyl (C=O) groups excluding carboxylic acids is 2. The summed E-state index contributed by atoms with van der Waals surface area (Å²) in [5.41, 5.74) is 0. The number of amides is 2. The first kappa shape index (κ1) is 17.3. The molecule has 1 aliphatic rings. The minimum atomic E-state index is -0.0870. The summed E-state index contributed by atoms with van der Waals surface area (Å²) < 4.78 is 0. The minimum Gasteiger partial charge on any atom is -0.357 e. The zero-order chi connectivity index (χ0) is 15.5. The quantitative estimate of drug-likeness (QED) is 0.264. The van der Waals surface area contributed by atoms with Gasteiger partial charge in [0.25, 0.3) is 0 Å². The fourth-order valence-corrected chi connectivity index (χ4v) is 1.67. The van der Waals surface area contributed by atoms with Gasteiger partial charge in [0.05, 0.1) is 0 Å². The highest BCUT2D eigenvalue weighted by Gasteiger charge is 2.28. The van der Waals surface area contributed by atoms with Crippen molar-refractivity contribution in [2.24, 2.45) is 10.9 Å². The molecule has 7 heteroatoms. The summed E-state index contributed by atoms with van der Waals surface area (Å²) in [4.78, 5) is 27.1. The molecule has 2 amide bonds. The molecule has 0 saturated heterocycles. The van der Waals surface area contributed by atoms with Gasteiger partial charge in [0.1, 0.15) is 6.54 Å². The van der Waals surface area contributed by atoms with Gasteiger partial charge in [-0.05, 0) is 26.2 Å². The second-order valence-corrected chi connectivity index (χ2v) is 5.04. The molecule has 0 aromatic rings. The van der Waals surface area contributed by atoms with Crippen molar-refractivity contribution in [1.29, 1.82) is 0 Å². The Morgan fingerprint density at radius 3 is 2.33 bits per heavy atom. The lowest BCUT2D eigenvalue weighted by atomic mass is 10.4. The van der Waals surface area contributed by atoms with Gasteiger partial charge in [0.2, 0.25) is 11.8 Å². The molecule has 0 heterocycles. The van der Waals surface area contributed by atoms with Gasteiger partial charge in [-0.25, -0.2) is 4.99 Å². The number of rotatable bonds is 9. The van der Waals surface area contributed by atoms with Gasteiger partial charge in [-0.15, -0.1) is 0 Å². The van der Waals surface area contributed by atoms with E-state index in [9.17, 15) is 9.59 Å². The van der Waals surface area contributed by atoms with Gasteiger partial charge in [0, 0.05) is 32.1 Å². The second-order valence-electron chi connectivity index (χ2n) is 5.04. The molecule has 0 spiro atoms. The van der Waals surface area contributed by atoms with Gasteiger partial charge in [-0.2, -0.15) is 0 Å². The molecule has 120 valence electrons. The van der Waals surface area contributed by atoms with Crippen LogP contribution in [-0.4, -0.2) is 50.5 Å². The maximum Gasteiger partial charge on any atom is 0.241 e. The molecule has 0 bridgehead atoms. The smallest absolute Gasteiger partial charge is 0.241 e. The third-order valence-electron chi connectivity index (χ3n) is 2.96. The van der Waals surface area contributed by atoms with Gasteiger partial charge in [0.15, 0.2) is 5.96 Å². The van der Waals surface area contributed by atoms with E-state index in [1.807, 2.05) is 13.8 Å². The van der Waals surface area contributed by atoms with Gasteiger partial charge >= 0.3 is 0 Å². The van der Waals surface area contributed by atoms with E-state index in [1.165, 1.54) is 0 Å². The first-order valence-corrected chi connectivity index (χ1v) is 7.74. The molecular weight excluding hydrogens is 270 g/mol. The molecular formula is C14H27N5O2. The Hall–Kier alpha value is -1.79. The molecule has 1 aliphatic carbocycles. The molecule has 0 radical (unpaired) electrons. The normalized spacial score (nSPS) is 14.5. The number of hydrogen-bond acceptors (Lipinski definition) is 3. The largest absolute Gasteiger partial charge is 0.357 e. The molecule has 21 heavy (non-hydrogen) atoms. The van der Waals surface area contributed by atoms with Crippen molar-refractivity contribution in [2.45, 2.75) is 33.1 Å². The highest BCUT2D eigenvalue weighted by atomic mass is 16.2. The first-order valence-electron chi connectivity index (χ1n) is 7.74. The number of nitrogens with zero attached hydrogens (tertiary/aromatic N) is 1. The Bertz CT molecular complexity index is 366. The molecule has 4 N–H and O–H groups in total. The first-order chi connectivity index (χ1) is 10.2. The predicted molar refractivity (Wildman–Crippen MR) is 83.0 cm³/mol. The van der Waals surface area contributed by atoms with E-state index in [0.29, 0.717) is 25.6 Å². The monoisotopic (exact) mass is 297 g/mol. The Morgan fingerprint density at radius 2 is 1.71 bits per heavy atom. The van der Waals surface area contributed by atoms with E-state index in [1.54, 1.807) is 0 Å². The van der Waals surface area contributed by atoms with E-state index in [-0.39, 0.29) is 24.3 Å². The van der Waals surface area contributed by atoms with Gasteiger partial charge in [-0.3, -0.25) is 9.59 Å². The van der Waals surface area contributed by atoms with Crippen LogP contribution in [0.1, 0.15) is 33.1 Å². The van der Waals surface area contributed by atoms with Gasteiger partial charge in [-0.1, -0.05) is 6.92 Å². The summed E-state index contributed by atoms with van der Waals surface area (Å²) >= 11 is 0. The lowest BCUT2D eigenvalue weighted by Crippen LogP contribution is -2.42. The van der Waals surface area contributed by atoms with Crippen LogP contribution in [0, 0.1) is 5.92 Å². The van der Waals surface area contributed by atoms with Crippen LogP contribution in [-0.2, 0) is 9.59 Å². The molecule has 0 unspecified atom stereocenters. The number of guanidine groups is 1. The topological polar surface area (TPSA) is 94.6 Å². The summed E-state index contributed by atoms with van der Waals surface area (Å²) in [5, 5.41) is 11.8. The van der Waals surface area contributed by atoms with Crippen LogP contribution in [0.25, 0.3) is 0 Å². The van der Waals surface area contributed by atoms with Gasteiger partial charge < -0.3 is 21.3 Å². The number of aliphatic imine (C=N–C) groups is 1. The van der Waals surface area contributed by atoms with E-state index >= 15 is 0 Å². The Kier molecular flexibility index (Phi) is 8.23. The molecule has 1 fully saturated rings. The standard InChI is InChI=1S/C14H27N5O2/c1-3-7-16-12(20)10-19-14(15-4-2)18-9-8-17-13(21)11-5-6-11/h11H,3-10H2,1-2H3,(H,16,20)(H,17,21)(H2,15,18,19). The number of hydrogen-bond donors (Lipinski definition) is 4. The van der Waals surface area contributed by atoms with Crippen LogP contribution in [0.4, 0.5) is 0 Å². The number of nitrogens with one attached hydrogen (secondary N) is 4. The third-order valence-corrected chi connectivity index (χ3v) is 2.96. The summed E-state index contributed by atoms with van der Waals surface area (Å²) in [6.07, 6.45) is 2.93. The van der Waals surface area contributed by atoms with Crippen LogP contribution in [0.5, 0.6) is 0 Å². The molecule has 0 atom stereocenters. The van der Waals surface area contributed by atoms with Crippen molar-refractivity contribution in [3.63, 3.8) is 0 Å². The Balaban J connectivity index is 2.20. The summed E-state index contributed by atoms with van der Waals surface area (Å²) in [5.74, 6) is 0.868. The van der Waals surface area contributed by atoms with E-state index in [4.69, 9.17) is 0 Å². The molecule has 0 aliphatic heterocycles. The van der Waals surface area contributed by atoms with Crippen molar-refractivity contribution in [2.75, 3.05) is 32.7 Å². The van der Waals surface area contributed by atoms with Crippen molar-refractivity contribution in [1.82, 2.24) is 21.3 Å². The lowest BCUT2D eigenvalue weighted by molar-refractivity contribution is -0.122. The molecule has 1 rings (SSSR count). The highest BCUT2D eigenvalue weighted by Crippen LogP contribution is 2.28. The van der Waals surface area contributed by atoms with Crippen LogP contribution < -0.4 is 21.3 Å². The zero-order valence-corrected chi connectivity index (χ0v) is 13.0.